The molecule has 3 aromatic heterocycles. The highest BCUT2D eigenvalue weighted by molar-refractivity contribution is 7.17. The molecule has 1 aliphatic carbocycles. The molecule has 7 nitrogen and oxygen atoms in total. The Balaban J connectivity index is 1.58. The Morgan fingerprint density at radius 3 is 2.68 bits per heavy atom. The van der Waals surface area contributed by atoms with Crippen LogP contribution in [0.2, 0.25) is 0 Å². The number of halogens is 2. The average molecular weight is 483 g/mol. The van der Waals surface area contributed by atoms with Crippen molar-refractivity contribution in [3.8, 4) is 11.3 Å². The Labute approximate surface area is 197 Å². The molecule has 5 rings (SSSR count). The first-order valence-electron chi connectivity index (χ1n) is 10.7. The van der Waals surface area contributed by atoms with Gasteiger partial charge in [-0.2, -0.15) is 5.10 Å². The van der Waals surface area contributed by atoms with Crippen LogP contribution in [0.3, 0.4) is 0 Å². The fourth-order valence-corrected chi connectivity index (χ4v) is 5.47. The molecule has 0 unspecified atom stereocenters. The van der Waals surface area contributed by atoms with Crippen molar-refractivity contribution in [2.75, 3.05) is 12.4 Å². The Hall–Kier alpha value is -3.66. The predicted octanol–water partition coefficient (Wildman–Crippen LogP) is 5.31. The molecular weight excluding hydrogens is 462 g/mol. The number of carbonyl (C=O) groups excluding carboxylic acids is 2. The van der Waals surface area contributed by atoms with Crippen molar-refractivity contribution in [2.45, 2.75) is 32.1 Å². The number of methoxy groups -OCH3 is 1. The van der Waals surface area contributed by atoms with Crippen molar-refractivity contribution >= 4 is 33.9 Å². The van der Waals surface area contributed by atoms with Gasteiger partial charge in [-0.1, -0.05) is 30.3 Å². The first kappa shape index (κ1) is 22.1. The molecule has 1 aliphatic rings. The molecule has 4 aromatic rings. The van der Waals surface area contributed by atoms with Crippen LogP contribution in [0.15, 0.2) is 42.6 Å². The van der Waals surface area contributed by atoms with Gasteiger partial charge in [0.15, 0.2) is 5.65 Å². The van der Waals surface area contributed by atoms with Gasteiger partial charge in [-0.05, 0) is 37.3 Å². The molecule has 1 amide bonds. The third kappa shape index (κ3) is 3.83. The number of esters is 1. The zero-order valence-electron chi connectivity index (χ0n) is 18.2. The highest BCUT2D eigenvalue weighted by Gasteiger charge is 2.28. The maximum atomic E-state index is 13.8. The third-order valence-electron chi connectivity index (χ3n) is 5.82. The molecule has 0 radical (unpaired) electrons. The zero-order valence-corrected chi connectivity index (χ0v) is 19.0. The Morgan fingerprint density at radius 2 is 1.94 bits per heavy atom. The van der Waals surface area contributed by atoms with Crippen molar-refractivity contribution < 1.29 is 23.1 Å². The van der Waals surface area contributed by atoms with Gasteiger partial charge in [0, 0.05) is 10.4 Å². The predicted molar refractivity (Wildman–Crippen MR) is 124 cm³/mol. The van der Waals surface area contributed by atoms with Crippen LogP contribution in [-0.4, -0.2) is 33.6 Å². The molecule has 10 heteroatoms. The quantitative estimate of drug-likeness (QED) is 0.390. The topological polar surface area (TPSA) is 85.6 Å². The van der Waals surface area contributed by atoms with Crippen molar-refractivity contribution in [1.82, 2.24) is 14.6 Å². The number of benzene rings is 1. The molecule has 0 bridgehead atoms. The lowest BCUT2D eigenvalue weighted by atomic mass is 9.95. The molecule has 0 aliphatic heterocycles. The van der Waals surface area contributed by atoms with E-state index < -0.39 is 18.3 Å². The molecule has 3 heterocycles. The Kier molecular flexibility index (Phi) is 5.82. The number of ether oxygens (including phenoxy) is 1. The molecule has 0 spiro atoms. The van der Waals surface area contributed by atoms with E-state index in [4.69, 9.17) is 4.74 Å². The zero-order chi connectivity index (χ0) is 23.8. The number of rotatable bonds is 5. The number of nitrogens with zero attached hydrogens (tertiary/aromatic N) is 3. The molecule has 0 atom stereocenters. The summed E-state index contributed by atoms with van der Waals surface area (Å²) in [6.07, 6.45) is 1.93. The minimum atomic E-state index is -2.82. The van der Waals surface area contributed by atoms with E-state index in [0.717, 1.165) is 40.6 Å². The smallest absolute Gasteiger partial charge is 0.341 e. The number of aryl methyl sites for hydroxylation is 1. The Morgan fingerprint density at radius 1 is 1.18 bits per heavy atom. The van der Waals surface area contributed by atoms with Gasteiger partial charge in [0.25, 0.3) is 12.3 Å². The van der Waals surface area contributed by atoms with Gasteiger partial charge in [0.1, 0.15) is 16.3 Å². The largest absolute Gasteiger partial charge is 0.465 e. The van der Waals surface area contributed by atoms with Crippen LogP contribution in [0.1, 0.15) is 56.1 Å². The van der Waals surface area contributed by atoms with Crippen molar-refractivity contribution in [3.05, 3.63) is 69.9 Å². The summed E-state index contributed by atoms with van der Waals surface area (Å²) in [6.45, 7) is 0. The number of fused-ring (bicyclic) bond motifs is 2. The number of amides is 1. The van der Waals surface area contributed by atoms with Gasteiger partial charge in [-0.3, -0.25) is 4.79 Å². The van der Waals surface area contributed by atoms with Crippen molar-refractivity contribution in [1.29, 1.82) is 0 Å². The minimum Gasteiger partial charge on any atom is -0.465 e. The lowest BCUT2D eigenvalue weighted by Gasteiger charge is -2.11. The molecule has 0 saturated heterocycles. The summed E-state index contributed by atoms with van der Waals surface area (Å²) in [4.78, 5) is 31.3. The summed E-state index contributed by atoms with van der Waals surface area (Å²) >= 11 is 1.34. The highest BCUT2D eigenvalue weighted by atomic mass is 32.1. The Bertz CT molecular complexity index is 1400. The summed E-state index contributed by atoms with van der Waals surface area (Å²) in [5.74, 6) is -1.10. The molecular formula is C24H20F2N4O3S. The van der Waals surface area contributed by atoms with Gasteiger partial charge < -0.3 is 10.1 Å². The third-order valence-corrected chi connectivity index (χ3v) is 7.03. The summed E-state index contributed by atoms with van der Waals surface area (Å²) in [7, 11) is 1.30. The standard InChI is InChI=1S/C24H20F2N4O3S/c1-33-24(32)19-14-9-5-6-10-18(14)34-23(19)29-22(31)15-12-27-30-17(20(25)26)11-16(28-21(15)30)13-7-3-2-4-8-13/h2-4,7-8,11-12,20H,5-6,9-10H2,1H3,(H,29,31). The second-order valence-electron chi connectivity index (χ2n) is 7.89. The summed E-state index contributed by atoms with van der Waals surface area (Å²) in [6, 6.07) is 10.1. The van der Waals surface area contributed by atoms with Gasteiger partial charge in [0.2, 0.25) is 0 Å². The summed E-state index contributed by atoms with van der Waals surface area (Å²) in [5.41, 5.74) is 1.88. The van der Waals surface area contributed by atoms with Crippen LogP contribution in [-0.2, 0) is 17.6 Å². The number of aromatic nitrogens is 3. The average Bonchev–Trinajstić information content (AvgIpc) is 3.44. The van der Waals surface area contributed by atoms with Crippen LogP contribution < -0.4 is 5.32 Å². The number of hydrogen-bond acceptors (Lipinski definition) is 6. The fraction of sp³-hybridized carbons (Fsp3) is 0.250. The first-order chi connectivity index (χ1) is 16.5. The second kappa shape index (κ2) is 8.94. The van der Waals surface area contributed by atoms with E-state index >= 15 is 0 Å². The van der Waals surface area contributed by atoms with E-state index in [0.29, 0.717) is 21.8 Å². The molecule has 0 saturated carbocycles. The summed E-state index contributed by atoms with van der Waals surface area (Å²) in [5, 5.41) is 7.17. The summed E-state index contributed by atoms with van der Waals surface area (Å²) < 4.78 is 33.6. The molecule has 1 N–H and O–H groups in total. The van der Waals surface area contributed by atoms with Gasteiger partial charge in [-0.15, -0.1) is 11.3 Å². The molecule has 1 aromatic carbocycles. The number of carbonyl (C=O) groups is 2. The van der Waals surface area contributed by atoms with Crippen molar-refractivity contribution in [3.63, 3.8) is 0 Å². The monoisotopic (exact) mass is 482 g/mol. The van der Waals surface area contributed by atoms with E-state index in [2.05, 4.69) is 15.4 Å². The molecule has 174 valence electrons. The van der Waals surface area contributed by atoms with Crippen LogP contribution in [0, 0.1) is 0 Å². The van der Waals surface area contributed by atoms with E-state index in [1.165, 1.54) is 30.7 Å². The highest BCUT2D eigenvalue weighted by Crippen LogP contribution is 2.39. The van der Waals surface area contributed by atoms with Crippen LogP contribution in [0.25, 0.3) is 16.9 Å². The van der Waals surface area contributed by atoms with Gasteiger partial charge >= 0.3 is 5.97 Å². The first-order valence-corrected chi connectivity index (χ1v) is 11.6. The number of thiophene rings is 1. The van der Waals surface area contributed by atoms with E-state index in [1.54, 1.807) is 24.3 Å². The number of alkyl halides is 2. The van der Waals surface area contributed by atoms with Crippen molar-refractivity contribution in [2.24, 2.45) is 0 Å². The van der Waals surface area contributed by atoms with Gasteiger partial charge in [0.05, 0.1) is 24.6 Å². The molecule has 0 fully saturated rings. The number of nitrogens with one attached hydrogen (secondary N) is 1. The maximum Gasteiger partial charge on any atom is 0.341 e. The van der Waals surface area contributed by atoms with E-state index in [9.17, 15) is 18.4 Å². The van der Waals surface area contributed by atoms with Gasteiger partial charge in [-0.25, -0.2) is 23.1 Å². The number of anilines is 1. The second-order valence-corrected chi connectivity index (χ2v) is 8.99. The normalized spacial score (nSPS) is 13.2. The lowest BCUT2D eigenvalue weighted by Crippen LogP contribution is -2.15. The SMILES string of the molecule is COC(=O)c1c(NC(=O)c2cnn3c(C(F)F)cc(-c4ccccc4)nc23)sc2c1CCCC2. The van der Waals surface area contributed by atoms with E-state index in [-0.39, 0.29) is 16.9 Å². The van der Waals surface area contributed by atoms with E-state index in [1.807, 2.05) is 6.07 Å². The van der Waals surface area contributed by atoms with Crippen LogP contribution >= 0.6 is 11.3 Å². The number of hydrogen-bond donors (Lipinski definition) is 1. The fourth-order valence-electron chi connectivity index (χ4n) is 4.20. The molecule has 34 heavy (non-hydrogen) atoms. The van der Waals surface area contributed by atoms with Crippen LogP contribution in [0.4, 0.5) is 13.8 Å². The van der Waals surface area contributed by atoms with Crippen LogP contribution in [0.5, 0.6) is 0 Å². The minimum absolute atomic E-state index is 0.00934. The maximum absolute atomic E-state index is 13.8. The lowest BCUT2D eigenvalue weighted by molar-refractivity contribution is 0.0601.